The number of hydrogen-bond donors (Lipinski definition) is 2. The van der Waals surface area contributed by atoms with Gasteiger partial charge in [0.25, 0.3) is 5.69 Å². The van der Waals surface area contributed by atoms with Crippen molar-refractivity contribution in [2.24, 2.45) is 5.10 Å². The van der Waals surface area contributed by atoms with Crippen LogP contribution in [0.25, 0.3) is 11.4 Å². The van der Waals surface area contributed by atoms with E-state index in [1.807, 2.05) is 31.2 Å². The highest BCUT2D eigenvalue weighted by Crippen LogP contribution is 2.22. The molecule has 3 rings (SSSR count). The van der Waals surface area contributed by atoms with Gasteiger partial charge in [0.15, 0.2) is 5.82 Å². The lowest BCUT2D eigenvalue weighted by atomic mass is 10.2. The molecule has 144 valence electrons. The zero-order valence-corrected chi connectivity index (χ0v) is 16.2. The number of hydrogen-bond acceptors (Lipinski definition) is 7. The van der Waals surface area contributed by atoms with Gasteiger partial charge in [0.05, 0.1) is 17.7 Å². The fourth-order valence-electron chi connectivity index (χ4n) is 2.35. The van der Waals surface area contributed by atoms with Crippen LogP contribution in [0.4, 0.5) is 5.69 Å². The average Bonchev–Trinajstić information content (AvgIpc) is 3.04. The van der Waals surface area contributed by atoms with Crippen LogP contribution in [0.1, 0.15) is 12.5 Å². The molecule has 0 aliphatic heterocycles. The molecule has 11 heteroatoms. The molecule has 0 amide bonds. The van der Waals surface area contributed by atoms with Gasteiger partial charge in [-0.3, -0.25) is 10.1 Å². The predicted octanol–water partition coefficient (Wildman–Crippen LogP) is 4.15. The van der Waals surface area contributed by atoms with Crippen molar-refractivity contribution in [3.05, 3.63) is 67.9 Å². The molecule has 0 fully saturated rings. The zero-order valence-electron chi connectivity index (χ0n) is 14.6. The highest BCUT2D eigenvalue weighted by atomic mass is 35.5. The Labute approximate surface area is 169 Å². The maximum Gasteiger partial charge on any atom is 0.270 e. The van der Waals surface area contributed by atoms with E-state index in [9.17, 15) is 10.1 Å². The monoisotopic (exact) mass is 418 g/mol. The second-order valence-corrected chi connectivity index (χ2v) is 6.26. The molecule has 1 heterocycles. The van der Waals surface area contributed by atoms with Crippen molar-refractivity contribution in [1.82, 2.24) is 14.9 Å². The molecule has 0 unspecified atom stereocenters. The standard InChI is InChI=1S/C17H15ClN6O3S/c1-2-27-14-6-3-11(4-7-14)16-20-21-17(28)23(16)22-19-10-12-9-13(24(25)26)5-8-15(12)18/h3-10,22H,2H2,1H3,(H,21,28). The minimum atomic E-state index is -0.503. The van der Waals surface area contributed by atoms with E-state index in [2.05, 4.69) is 20.8 Å². The first kappa shape index (κ1) is 19.5. The lowest BCUT2D eigenvalue weighted by molar-refractivity contribution is -0.384. The fourth-order valence-corrected chi connectivity index (χ4v) is 2.69. The molecule has 0 saturated heterocycles. The first-order valence-electron chi connectivity index (χ1n) is 8.13. The number of nitrogens with one attached hydrogen (secondary N) is 2. The summed E-state index contributed by atoms with van der Waals surface area (Å²) in [6.07, 6.45) is 1.37. The Morgan fingerprint density at radius 1 is 1.39 bits per heavy atom. The summed E-state index contributed by atoms with van der Waals surface area (Å²) in [5.74, 6) is 1.26. The summed E-state index contributed by atoms with van der Waals surface area (Å²) in [7, 11) is 0. The van der Waals surface area contributed by atoms with Crippen molar-refractivity contribution >= 4 is 35.7 Å². The third-order valence-electron chi connectivity index (χ3n) is 3.65. The first-order valence-corrected chi connectivity index (χ1v) is 8.92. The van der Waals surface area contributed by atoms with Gasteiger partial charge in [0, 0.05) is 28.3 Å². The van der Waals surface area contributed by atoms with E-state index < -0.39 is 4.92 Å². The van der Waals surface area contributed by atoms with Gasteiger partial charge in [0.1, 0.15) is 5.75 Å². The summed E-state index contributed by atoms with van der Waals surface area (Å²) < 4.78 is 7.19. The van der Waals surface area contributed by atoms with Crippen molar-refractivity contribution in [3.63, 3.8) is 0 Å². The van der Waals surface area contributed by atoms with Gasteiger partial charge in [0.2, 0.25) is 4.77 Å². The molecule has 0 saturated carbocycles. The molecule has 0 aliphatic rings. The smallest absolute Gasteiger partial charge is 0.270 e. The Hall–Kier alpha value is -3.24. The quantitative estimate of drug-likeness (QED) is 0.258. The Balaban J connectivity index is 1.83. The molecule has 28 heavy (non-hydrogen) atoms. The number of aromatic nitrogens is 3. The van der Waals surface area contributed by atoms with Crippen LogP contribution in [0.2, 0.25) is 5.02 Å². The van der Waals surface area contributed by atoms with E-state index >= 15 is 0 Å². The second-order valence-electron chi connectivity index (χ2n) is 5.47. The largest absolute Gasteiger partial charge is 0.494 e. The van der Waals surface area contributed by atoms with Gasteiger partial charge < -0.3 is 4.74 Å². The molecule has 1 aromatic heterocycles. The van der Waals surface area contributed by atoms with E-state index in [4.69, 9.17) is 28.6 Å². The number of non-ortho nitro benzene ring substituents is 1. The molecule has 0 bridgehead atoms. The summed E-state index contributed by atoms with van der Waals surface area (Å²) in [4.78, 5) is 10.4. The van der Waals surface area contributed by atoms with Crippen LogP contribution in [0.3, 0.4) is 0 Å². The molecule has 2 aromatic carbocycles. The summed E-state index contributed by atoms with van der Waals surface area (Å²) in [6, 6.07) is 11.4. The van der Waals surface area contributed by atoms with Gasteiger partial charge >= 0.3 is 0 Å². The summed E-state index contributed by atoms with van der Waals surface area (Å²) in [5, 5.41) is 22.2. The van der Waals surface area contributed by atoms with Crippen LogP contribution in [0.15, 0.2) is 47.6 Å². The number of ether oxygens (including phenoxy) is 1. The fraction of sp³-hybridized carbons (Fsp3) is 0.118. The molecule has 9 nitrogen and oxygen atoms in total. The van der Waals surface area contributed by atoms with Crippen LogP contribution < -0.4 is 10.3 Å². The molecular formula is C17H15ClN6O3S. The average molecular weight is 419 g/mol. The number of hydrazone groups is 1. The van der Waals surface area contributed by atoms with Crippen molar-refractivity contribution in [2.45, 2.75) is 6.92 Å². The van der Waals surface area contributed by atoms with Gasteiger partial charge in [-0.15, -0.1) is 0 Å². The number of aromatic amines is 1. The normalized spacial score (nSPS) is 10.9. The maximum absolute atomic E-state index is 10.9. The van der Waals surface area contributed by atoms with Crippen molar-refractivity contribution in [1.29, 1.82) is 0 Å². The summed E-state index contributed by atoms with van der Waals surface area (Å²) in [6.45, 7) is 2.49. The van der Waals surface area contributed by atoms with Gasteiger partial charge in [-0.05, 0) is 49.5 Å². The zero-order chi connectivity index (χ0) is 20.1. The van der Waals surface area contributed by atoms with E-state index in [1.165, 1.54) is 29.1 Å². The summed E-state index contributed by atoms with van der Waals surface area (Å²) in [5.41, 5.74) is 3.84. The van der Waals surface area contributed by atoms with Gasteiger partial charge in [-0.2, -0.15) is 14.9 Å². The topological polar surface area (TPSA) is 110 Å². The third kappa shape index (κ3) is 4.35. The molecule has 0 atom stereocenters. The number of nitrogens with zero attached hydrogens (tertiary/aromatic N) is 4. The summed E-state index contributed by atoms with van der Waals surface area (Å²) >= 11 is 11.3. The SMILES string of the molecule is CCOc1ccc(-c2n[nH]c(=S)n2NN=Cc2cc([N+](=O)[O-])ccc2Cl)cc1. The minimum absolute atomic E-state index is 0.0825. The number of H-pyrrole nitrogens is 1. The molecule has 0 aliphatic carbocycles. The highest BCUT2D eigenvalue weighted by molar-refractivity contribution is 7.71. The van der Waals surface area contributed by atoms with E-state index in [0.717, 1.165) is 11.3 Å². The predicted molar refractivity (Wildman–Crippen MR) is 109 cm³/mol. The van der Waals surface area contributed by atoms with Crippen LogP contribution in [0.5, 0.6) is 5.75 Å². The van der Waals surface area contributed by atoms with Crippen LogP contribution in [-0.2, 0) is 0 Å². The van der Waals surface area contributed by atoms with E-state index in [0.29, 0.717) is 27.8 Å². The molecule has 3 aromatic rings. The number of nitro groups is 1. The lowest BCUT2D eigenvalue weighted by Gasteiger charge is -2.07. The Morgan fingerprint density at radius 3 is 2.82 bits per heavy atom. The second kappa shape index (κ2) is 8.63. The van der Waals surface area contributed by atoms with Gasteiger partial charge in [-0.25, -0.2) is 10.6 Å². The van der Waals surface area contributed by atoms with Crippen molar-refractivity contribution in [2.75, 3.05) is 12.1 Å². The third-order valence-corrected chi connectivity index (χ3v) is 4.27. The number of rotatable bonds is 7. The molecular weight excluding hydrogens is 404 g/mol. The lowest BCUT2D eigenvalue weighted by Crippen LogP contribution is -2.10. The Morgan fingerprint density at radius 2 is 2.14 bits per heavy atom. The molecule has 0 radical (unpaired) electrons. The molecule has 0 spiro atoms. The Kier molecular flexibility index (Phi) is 6.02. The van der Waals surface area contributed by atoms with Gasteiger partial charge in [-0.1, -0.05) is 11.6 Å². The van der Waals surface area contributed by atoms with E-state index in [-0.39, 0.29) is 5.69 Å². The first-order chi connectivity index (χ1) is 13.5. The van der Waals surface area contributed by atoms with Crippen LogP contribution >= 0.6 is 23.8 Å². The van der Waals surface area contributed by atoms with Crippen molar-refractivity contribution < 1.29 is 9.66 Å². The van der Waals surface area contributed by atoms with Crippen LogP contribution in [0, 0.1) is 14.9 Å². The Bertz CT molecular complexity index is 1080. The number of benzene rings is 2. The molecule has 2 N–H and O–H groups in total. The minimum Gasteiger partial charge on any atom is -0.494 e. The van der Waals surface area contributed by atoms with Crippen LogP contribution in [-0.4, -0.2) is 32.6 Å². The number of halogens is 1. The highest BCUT2D eigenvalue weighted by Gasteiger charge is 2.10. The maximum atomic E-state index is 10.9. The number of nitro benzene ring substituents is 1. The van der Waals surface area contributed by atoms with E-state index in [1.54, 1.807) is 0 Å². The van der Waals surface area contributed by atoms with Crippen molar-refractivity contribution in [3.8, 4) is 17.1 Å².